The molecule has 0 amide bonds. The van der Waals surface area contributed by atoms with Gasteiger partial charge in [-0.1, -0.05) is 30.7 Å². The average molecular weight is 595 g/mol. The van der Waals surface area contributed by atoms with Crippen LogP contribution in [0.5, 0.6) is 0 Å². The molecule has 1 aromatic rings. The van der Waals surface area contributed by atoms with Crippen LogP contribution in [-0.4, -0.2) is 48.8 Å². The monoisotopic (exact) mass is 594 g/mol. The Morgan fingerprint density at radius 2 is 1.84 bits per heavy atom. The lowest BCUT2D eigenvalue weighted by molar-refractivity contribution is -0.170. The third kappa shape index (κ3) is 6.26. The van der Waals surface area contributed by atoms with Crippen LogP contribution in [0.1, 0.15) is 79.2 Å². The third-order valence-electron chi connectivity index (χ3n) is 9.26. The summed E-state index contributed by atoms with van der Waals surface area (Å²) in [5.41, 5.74) is 2.22. The number of rotatable bonds is 8. The van der Waals surface area contributed by atoms with Crippen molar-refractivity contribution in [2.75, 3.05) is 7.11 Å². The summed E-state index contributed by atoms with van der Waals surface area (Å²) in [5, 5.41) is 0. The second-order valence-electron chi connectivity index (χ2n) is 12.4. The largest absolute Gasteiger partial charge is 0.472 e. The molecule has 0 fully saturated rings. The highest BCUT2D eigenvalue weighted by Crippen LogP contribution is 2.59. The molecule has 0 bridgehead atoms. The minimum atomic E-state index is -0.931. The fourth-order valence-electron chi connectivity index (χ4n) is 6.86. The maximum absolute atomic E-state index is 13.5. The van der Waals surface area contributed by atoms with Crippen molar-refractivity contribution in [2.24, 2.45) is 17.3 Å². The van der Waals surface area contributed by atoms with Crippen LogP contribution in [0.4, 0.5) is 0 Å². The van der Waals surface area contributed by atoms with Crippen molar-refractivity contribution in [1.29, 1.82) is 0 Å². The van der Waals surface area contributed by atoms with E-state index in [1.807, 2.05) is 26.0 Å². The van der Waals surface area contributed by atoms with Crippen molar-refractivity contribution in [1.82, 2.24) is 0 Å². The van der Waals surface area contributed by atoms with Crippen LogP contribution >= 0.6 is 0 Å². The SMILES string of the molecule is CC=C(C)C(=O)O[C@H]1[C@H](OC(C)=O)C=C(C[C@H]2C=C(C)[C@@H](CC(=O)OC)C(C)(C)OC2=O)C2=CC[C@@H](c3ccoc3)[C@@]21C. The second-order valence-corrected chi connectivity index (χ2v) is 12.4. The van der Waals surface area contributed by atoms with E-state index in [-0.39, 0.29) is 30.6 Å². The number of fused-ring (bicyclic) bond motifs is 1. The van der Waals surface area contributed by atoms with Crippen molar-refractivity contribution in [3.05, 3.63) is 70.8 Å². The number of hydrogen-bond acceptors (Lipinski definition) is 9. The Balaban J connectivity index is 1.79. The van der Waals surface area contributed by atoms with Crippen molar-refractivity contribution in [3.63, 3.8) is 0 Å². The lowest BCUT2D eigenvalue weighted by atomic mass is 9.62. The molecule has 6 atom stereocenters. The van der Waals surface area contributed by atoms with E-state index in [0.29, 0.717) is 12.0 Å². The highest BCUT2D eigenvalue weighted by molar-refractivity contribution is 5.88. The Labute approximate surface area is 252 Å². The van der Waals surface area contributed by atoms with Crippen molar-refractivity contribution in [3.8, 4) is 0 Å². The minimum absolute atomic E-state index is 0.0807. The molecule has 2 heterocycles. The van der Waals surface area contributed by atoms with Crippen LogP contribution < -0.4 is 0 Å². The first-order valence-electron chi connectivity index (χ1n) is 14.7. The Kier molecular flexibility index (Phi) is 9.23. The Bertz CT molecular complexity index is 1390. The fraction of sp³-hybridized carbons (Fsp3) is 0.529. The van der Waals surface area contributed by atoms with Crippen molar-refractivity contribution >= 4 is 23.9 Å². The van der Waals surface area contributed by atoms with Gasteiger partial charge in [0.1, 0.15) is 5.60 Å². The normalized spacial score (nSPS) is 30.1. The average Bonchev–Trinajstić information content (AvgIpc) is 3.58. The predicted octanol–water partition coefficient (Wildman–Crippen LogP) is 5.92. The summed E-state index contributed by atoms with van der Waals surface area (Å²) in [4.78, 5) is 51.2. The van der Waals surface area contributed by atoms with Gasteiger partial charge in [0.2, 0.25) is 0 Å². The van der Waals surface area contributed by atoms with Gasteiger partial charge in [0.25, 0.3) is 0 Å². The Morgan fingerprint density at radius 3 is 2.44 bits per heavy atom. The van der Waals surface area contributed by atoms with E-state index in [1.165, 1.54) is 14.0 Å². The molecule has 1 aromatic heterocycles. The zero-order chi connectivity index (χ0) is 31.7. The smallest absolute Gasteiger partial charge is 0.333 e. The van der Waals surface area contributed by atoms with Crippen LogP contribution in [0.3, 0.4) is 0 Å². The summed E-state index contributed by atoms with van der Waals surface area (Å²) in [6.45, 7) is 12.3. The summed E-state index contributed by atoms with van der Waals surface area (Å²) in [5.74, 6) is -2.97. The van der Waals surface area contributed by atoms with Crippen molar-refractivity contribution in [2.45, 2.75) is 91.5 Å². The molecule has 232 valence electrons. The molecule has 2 aliphatic carbocycles. The third-order valence-corrected chi connectivity index (χ3v) is 9.26. The first-order valence-corrected chi connectivity index (χ1v) is 14.7. The first kappa shape index (κ1) is 32.0. The highest BCUT2D eigenvalue weighted by atomic mass is 16.6. The Hall–Kier alpha value is -3.88. The molecule has 4 rings (SSSR count). The Morgan fingerprint density at radius 1 is 1.12 bits per heavy atom. The van der Waals surface area contributed by atoms with Gasteiger partial charge in [-0.15, -0.1) is 0 Å². The summed E-state index contributed by atoms with van der Waals surface area (Å²) in [6.07, 6.45) is 9.98. The van der Waals surface area contributed by atoms with E-state index in [9.17, 15) is 19.2 Å². The van der Waals surface area contributed by atoms with E-state index >= 15 is 0 Å². The van der Waals surface area contributed by atoms with E-state index in [2.05, 4.69) is 6.08 Å². The number of esters is 4. The number of hydrogen-bond donors (Lipinski definition) is 0. The number of allylic oxidation sites excluding steroid dienone is 3. The van der Waals surface area contributed by atoms with Gasteiger partial charge in [0, 0.05) is 29.7 Å². The zero-order valence-corrected chi connectivity index (χ0v) is 26.2. The fourth-order valence-corrected chi connectivity index (χ4v) is 6.86. The molecule has 9 heteroatoms. The summed E-state index contributed by atoms with van der Waals surface area (Å²) in [7, 11) is 1.34. The van der Waals surface area contributed by atoms with Gasteiger partial charge in [0.05, 0.1) is 32.0 Å². The highest BCUT2D eigenvalue weighted by Gasteiger charge is 2.57. The second kappa shape index (κ2) is 12.4. The van der Waals surface area contributed by atoms with Gasteiger partial charge < -0.3 is 23.4 Å². The van der Waals surface area contributed by atoms with E-state index < -0.39 is 47.0 Å². The molecule has 0 unspecified atom stereocenters. The summed E-state index contributed by atoms with van der Waals surface area (Å²) >= 11 is 0. The number of methoxy groups -OCH3 is 1. The number of cyclic esters (lactones) is 1. The predicted molar refractivity (Wildman–Crippen MR) is 157 cm³/mol. The molecule has 0 saturated carbocycles. The topological polar surface area (TPSA) is 118 Å². The van der Waals surface area contributed by atoms with Gasteiger partial charge in [0.15, 0.2) is 12.2 Å². The molecule has 0 aromatic carbocycles. The number of carbonyl (C=O) groups excluding carboxylic acids is 4. The lowest BCUT2D eigenvalue weighted by Crippen LogP contribution is -2.51. The van der Waals surface area contributed by atoms with E-state index in [0.717, 1.165) is 22.3 Å². The van der Waals surface area contributed by atoms with E-state index in [1.54, 1.807) is 52.4 Å². The van der Waals surface area contributed by atoms with Gasteiger partial charge in [-0.05, 0) is 76.3 Å². The van der Waals surface area contributed by atoms with Crippen LogP contribution in [-0.2, 0) is 38.1 Å². The molecule has 0 spiro atoms. The molecule has 3 aliphatic rings. The number of furan rings is 1. The molecule has 0 N–H and O–H groups in total. The van der Waals surface area contributed by atoms with Gasteiger partial charge >= 0.3 is 23.9 Å². The lowest BCUT2D eigenvalue weighted by Gasteiger charge is -2.47. The first-order chi connectivity index (χ1) is 20.2. The molecule has 1 aliphatic heterocycles. The molecule has 0 saturated heterocycles. The minimum Gasteiger partial charge on any atom is -0.472 e. The standard InChI is InChI=1S/C34H42O9/c1-9-19(2)31(37)42-30-28(41-21(4)35)16-23(26-11-10-25(34(26,30)7)22-12-13-40-18-22)15-24-14-20(3)27(17-29(36)39-8)33(5,6)43-32(24)38/h9,11-14,16,18,24-25,27-28,30H,10,15,17H2,1-8H3/t24-,25+,27-,28-,30+,34+/m1/s1. The molecular weight excluding hydrogens is 552 g/mol. The molecule has 9 nitrogen and oxygen atoms in total. The summed E-state index contributed by atoms with van der Waals surface area (Å²) < 4.78 is 28.3. The molecular formula is C34H42O9. The van der Waals surface area contributed by atoms with Gasteiger partial charge in [-0.2, -0.15) is 0 Å². The van der Waals surface area contributed by atoms with Crippen LogP contribution in [0.2, 0.25) is 0 Å². The molecule has 0 radical (unpaired) electrons. The van der Waals surface area contributed by atoms with E-state index in [4.69, 9.17) is 23.4 Å². The number of carbonyl (C=O) groups is 4. The summed E-state index contributed by atoms with van der Waals surface area (Å²) in [6, 6.07) is 1.89. The van der Waals surface area contributed by atoms with Gasteiger partial charge in [-0.25, -0.2) is 4.79 Å². The number of ether oxygens (including phenoxy) is 4. The molecule has 43 heavy (non-hydrogen) atoms. The maximum Gasteiger partial charge on any atom is 0.333 e. The van der Waals surface area contributed by atoms with Crippen molar-refractivity contribution < 1.29 is 42.5 Å². The quantitative estimate of drug-likeness (QED) is 0.156. The maximum atomic E-state index is 13.5. The van der Waals surface area contributed by atoms with Crippen LogP contribution in [0, 0.1) is 17.3 Å². The van der Waals surface area contributed by atoms with Crippen LogP contribution in [0.25, 0.3) is 0 Å². The zero-order valence-electron chi connectivity index (χ0n) is 26.2. The van der Waals surface area contributed by atoms with Gasteiger partial charge in [-0.3, -0.25) is 14.4 Å². The van der Waals surface area contributed by atoms with Crippen LogP contribution in [0.15, 0.2) is 69.6 Å².